The summed E-state index contributed by atoms with van der Waals surface area (Å²) in [5.41, 5.74) is 1.20. The molecule has 3 nitrogen and oxygen atoms in total. The Morgan fingerprint density at radius 3 is 2.59 bits per heavy atom. The van der Waals surface area contributed by atoms with E-state index in [-0.39, 0.29) is 5.91 Å². The van der Waals surface area contributed by atoms with Crippen LogP contribution in [-0.2, 0) is 11.3 Å². The van der Waals surface area contributed by atoms with E-state index in [2.05, 4.69) is 17.4 Å². The molecular formula is C14H20N2O. The summed E-state index contributed by atoms with van der Waals surface area (Å²) in [6.07, 6.45) is 0.688. The lowest BCUT2D eigenvalue weighted by Gasteiger charge is -2.29. The van der Waals surface area contributed by atoms with Gasteiger partial charge in [-0.05, 0) is 31.5 Å². The van der Waals surface area contributed by atoms with Crippen LogP contribution in [0.4, 0.5) is 0 Å². The quantitative estimate of drug-likeness (QED) is 0.837. The van der Waals surface area contributed by atoms with Crippen molar-refractivity contribution in [3.05, 3.63) is 35.9 Å². The van der Waals surface area contributed by atoms with Crippen LogP contribution in [0.15, 0.2) is 30.3 Å². The second-order valence-corrected chi connectivity index (χ2v) is 4.62. The summed E-state index contributed by atoms with van der Waals surface area (Å²) in [7, 11) is 0. The fourth-order valence-electron chi connectivity index (χ4n) is 2.05. The molecule has 0 aromatic heterocycles. The summed E-state index contributed by atoms with van der Waals surface area (Å²) in [6.45, 7) is 5.55. The van der Waals surface area contributed by atoms with E-state index < -0.39 is 0 Å². The second-order valence-electron chi connectivity index (χ2n) is 4.62. The molecule has 1 saturated heterocycles. The van der Waals surface area contributed by atoms with E-state index in [4.69, 9.17) is 0 Å². The molecule has 1 aliphatic rings. The number of rotatable bonds is 5. The van der Waals surface area contributed by atoms with Gasteiger partial charge in [0.05, 0.1) is 0 Å². The van der Waals surface area contributed by atoms with Gasteiger partial charge >= 0.3 is 0 Å². The number of carbonyl (C=O) groups excluding carboxylic acids is 1. The molecule has 1 aliphatic heterocycles. The molecule has 1 aromatic rings. The molecule has 0 aliphatic carbocycles. The third-order valence-electron chi connectivity index (χ3n) is 3.28. The van der Waals surface area contributed by atoms with Crippen LogP contribution in [0, 0.1) is 5.92 Å². The Kier molecular flexibility index (Phi) is 4.15. The molecule has 0 spiro atoms. The van der Waals surface area contributed by atoms with Gasteiger partial charge in [-0.15, -0.1) is 0 Å². The molecule has 1 aromatic carbocycles. The molecule has 1 N–H and O–H groups in total. The van der Waals surface area contributed by atoms with E-state index >= 15 is 0 Å². The zero-order chi connectivity index (χ0) is 12.1. The van der Waals surface area contributed by atoms with E-state index in [1.807, 2.05) is 30.0 Å². The van der Waals surface area contributed by atoms with E-state index in [0.717, 1.165) is 26.2 Å². The first kappa shape index (κ1) is 12.1. The van der Waals surface area contributed by atoms with E-state index in [1.54, 1.807) is 0 Å². The Bertz CT molecular complexity index is 360. The fraction of sp³-hybridized carbons (Fsp3) is 0.500. The van der Waals surface area contributed by atoms with Gasteiger partial charge < -0.3 is 10.2 Å². The van der Waals surface area contributed by atoms with Gasteiger partial charge in [0, 0.05) is 19.5 Å². The van der Waals surface area contributed by atoms with Crippen molar-refractivity contribution in [1.82, 2.24) is 10.2 Å². The maximum Gasteiger partial charge on any atom is 0.223 e. The average molecular weight is 232 g/mol. The molecule has 0 unspecified atom stereocenters. The molecule has 0 bridgehead atoms. The Balaban J connectivity index is 1.89. The molecule has 1 fully saturated rings. The van der Waals surface area contributed by atoms with Crippen molar-refractivity contribution in [2.75, 3.05) is 19.6 Å². The lowest BCUT2D eigenvalue weighted by molar-refractivity contribution is -0.133. The SMILES string of the molecule is CCN(Cc1ccccc1)C(=O)CC1CNC1. The van der Waals surface area contributed by atoms with Crippen molar-refractivity contribution in [2.45, 2.75) is 19.9 Å². The number of nitrogens with one attached hydrogen (secondary N) is 1. The van der Waals surface area contributed by atoms with Crippen LogP contribution in [0.1, 0.15) is 18.9 Å². The van der Waals surface area contributed by atoms with Crippen LogP contribution in [0.2, 0.25) is 0 Å². The predicted octanol–water partition coefficient (Wildman–Crippen LogP) is 1.64. The van der Waals surface area contributed by atoms with Gasteiger partial charge in [-0.1, -0.05) is 30.3 Å². The maximum absolute atomic E-state index is 12.1. The molecule has 0 atom stereocenters. The zero-order valence-corrected chi connectivity index (χ0v) is 10.4. The van der Waals surface area contributed by atoms with Crippen LogP contribution in [0.5, 0.6) is 0 Å². The molecule has 1 amide bonds. The molecule has 1 heterocycles. The normalized spacial score (nSPS) is 15.4. The van der Waals surface area contributed by atoms with Crippen LogP contribution in [-0.4, -0.2) is 30.4 Å². The molecule has 2 rings (SSSR count). The third kappa shape index (κ3) is 3.30. The highest BCUT2D eigenvalue weighted by atomic mass is 16.2. The third-order valence-corrected chi connectivity index (χ3v) is 3.28. The van der Waals surface area contributed by atoms with Gasteiger partial charge in [-0.2, -0.15) is 0 Å². The number of amides is 1. The Morgan fingerprint density at radius 1 is 1.35 bits per heavy atom. The molecule has 3 heteroatoms. The van der Waals surface area contributed by atoms with Gasteiger partial charge in [-0.3, -0.25) is 4.79 Å². The standard InChI is InChI=1S/C14H20N2O/c1-2-16(11-12-6-4-3-5-7-12)14(17)8-13-9-15-10-13/h3-7,13,15H,2,8-11H2,1H3. The Labute approximate surface area is 103 Å². The smallest absolute Gasteiger partial charge is 0.223 e. The lowest BCUT2D eigenvalue weighted by Crippen LogP contribution is -2.45. The highest BCUT2D eigenvalue weighted by molar-refractivity contribution is 5.76. The summed E-state index contributed by atoms with van der Waals surface area (Å²) in [5, 5.41) is 3.20. The second kappa shape index (κ2) is 5.82. The van der Waals surface area contributed by atoms with Crippen molar-refractivity contribution in [3.8, 4) is 0 Å². The monoisotopic (exact) mass is 232 g/mol. The van der Waals surface area contributed by atoms with E-state index in [0.29, 0.717) is 12.3 Å². The largest absolute Gasteiger partial charge is 0.339 e. The first-order valence-electron chi connectivity index (χ1n) is 6.32. The summed E-state index contributed by atoms with van der Waals surface area (Å²) in [6, 6.07) is 10.2. The maximum atomic E-state index is 12.1. The van der Waals surface area contributed by atoms with Gasteiger partial charge in [0.15, 0.2) is 0 Å². The first-order chi connectivity index (χ1) is 8.29. The van der Waals surface area contributed by atoms with Gasteiger partial charge in [-0.25, -0.2) is 0 Å². The molecule has 0 radical (unpaired) electrons. The number of benzene rings is 1. The topological polar surface area (TPSA) is 32.3 Å². The Hall–Kier alpha value is -1.35. The van der Waals surface area contributed by atoms with Crippen molar-refractivity contribution < 1.29 is 4.79 Å². The summed E-state index contributed by atoms with van der Waals surface area (Å²) >= 11 is 0. The van der Waals surface area contributed by atoms with Crippen molar-refractivity contribution in [1.29, 1.82) is 0 Å². The molecule has 17 heavy (non-hydrogen) atoms. The number of hydrogen-bond donors (Lipinski definition) is 1. The van der Waals surface area contributed by atoms with Crippen molar-refractivity contribution in [2.24, 2.45) is 5.92 Å². The highest BCUT2D eigenvalue weighted by Gasteiger charge is 2.22. The number of nitrogens with zero attached hydrogens (tertiary/aromatic N) is 1. The molecule has 92 valence electrons. The molecular weight excluding hydrogens is 212 g/mol. The summed E-state index contributed by atoms with van der Waals surface area (Å²) in [5.74, 6) is 0.829. The predicted molar refractivity (Wildman–Crippen MR) is 68.5 cm³/mol. The number of hydrogen-bond acceptors (Lipinski definition) is 2. The minimum atomic E-state index is 0.280. The summed E-state index contributed by atoms with van der Waals surface area (Å²) < 4.78 is 0. The fourth-order valence-corrected chi connectivity index (χ4v) is 2.05. The van der Waals surface area contributed by atoms with Crippen LogP contribution in [0.25, 0.3) is 0 Å². The highest BCUT2D eigenvalue weighted by Crippen LogP contribution is 2.12. The Morgan fingerprint density at radius 2 is 2.06 bits per heavy atom. The zero-order valence-electron chi connectivity index (χ0n) is 10.4. The van der Waals surface area contributed by atoms with Crippen LogP contribution in [0.3, 0.4) is 0 Å². The number of carbonyl (C=O) groups is 1. The van der Waals surface area contributed by atoms with Crippen LogP contribution < -0.4 is 5.32 Å². The average Bonchev–Trinajstić information content (AvgIpc) is 2.32. The van der Waals surface area contributed by atoms with E-state index in [9.17, 15) is 4.79 Å². The minimum absolute atomic E-state index is 0.280. The van der Waals surface area contributed by atoms with Gasteiger partial charge in [0.2, 0.25) is 5.91 Å². The first-order valence-corrected chi connectivity index (χ1v) is 6.32. The van der Waals surface area contributed by atoms with Crippen molar-refractivity contribution in [3.63, 3.8) is 0 Å². The van der Waals surface area contributed by atoms with Crippen LogP contribution >= 0.6 is 0 Å². The van der Waals surface area contributed by atoms with Crippen molar-refractivity contribution >= 4 is 5.91 Å². The summed E-state index contributed by atoms with van der Waals surface area (Å²) in [4.78, 5) is 14.0. The van der Waals surface area contributed by atoms with E-state index in [1.165, 1.54) is 5.56 Å². The van der Waals surface area contributed by atoms with Gasteiger partial charge in [0.25, 0.3) is 0 Å². The van der Waals surface area contributed by atoms with Gasteiger partial charge in [0.1, 0.15) is 0 Å². The minimum Gasteiger partial charge on any atom is -0.339 e. The lowest BCUT2D eigenvalue weighted by atomic mass is 9.98. The molecule has 0 saturated carbocycles.